The quantitative estimate of drug-likeness (QED) is 0.513. The Balaban J connectivity index is 3.97. The second-order valence-corrected chi connectivity index (χ2v) is 6.49. The molecule has 1 amide bonds. The molecule has 0 saturated heterocycles. The van der Waals surface area contributed by atoms with Gasteiger partial charge in [-0.05, 0) is 33.9 Å². The highest BCUT2D eigenvalue weighted by Crippen LogP contribution is 2.02. The van der Waals surface area contributed by atoms with Gasteiger partial charge in [-0.15, -0.1) is 0 Å². The molecule has 0 aliphatic rings. The number of sulfonamides is 1. The number of hydrogen-bond donors (Lipinski definition) is 3. The molecular formula is C10H23N3O3S. The molecule has 3 N–H and O–H groups in total. The van der Waals surface area contributed by atoms with Crippen molar-refractivity contribution in [2.24, 2.45) is 0 Å². The average molecular weight is 265 g/mol. The highest BCUT2D eigenvalue weighted by atomic mass is 32.2. The first-order valence-corrected chi connectivity index (χ1v) is 7.46. The molecular weight excluding hydrogens is 242 g/mol. The molecule has 0 aromatic carbocycles. The Kier molecular flexibility index (Phi) is 6.66. The zero-order chi connectivity index (χ0) is 13.5. The zero-order valence-electron chi connectivity index (χ0n) is 11.0. The van der Waals surface area contributed by atoms with Crippen LogP contribution in [-0.2, 0) is 14.8 Å². The predicted octanol–water partition coefficient (Wildman–Crippen LogP) is -0.570. The Bertz CT molecular complexity index is 339. The van der Waals surface area contributed by atoms with Crippen molar-refractivity contribution in [3.8, 4) is 0 Å². The van der Waals surface area contributed by atoms with E-state index in [2.05, 4.69) is 15.4 Å². The number of carbonyl (C=O) groups excluding carboxylic acids is 1. The van der Waals surface area contributed by atoms with Gasteiger partial charge in [0.25, 0.3) is 0 Å². The molecule has 0 atom stereocenters. The molecule has 0 aliphatic heterocycles. The van der Waals surface area contributed by atoms with Crippen molar-refractivity contribution in [2.75, 3.05) is 26.4 Å². The van der Waals surface area contributed by atoms with Crippen molar-refractivity contribution < 1.29 is 13.2 Å². The lowest BCUT2D eigenvalue weighted by Gasteiger charge is -2.25. The van der Waals surface area contributed by atoms with Crippen LogP contribution in [0.3, 0.4) is 0 Å². The van der Waals surface area contributed by atoms with Gasteiger partial charge < -0.3 is 10.6 Å². The summed E-state index contributed by atoms with van der Waals surface area (Å²) in [5.74, 6) is -0.0661. The maximum Gasteiger partial charge on any atom is 0.220 e. The van der Waals surface area contributed by atoms with Crippen LogP contribution in [0.15, 0.2) is 0 Å². The predicted molar refractivity (Wildman–Crippen MR) is 68.2 cm³/mol. The molecule has 0 aromatic heterocycles. The monoisotopic (exact) mass is 265 g/mol. The fraction of sp³-hybridized carbons (Fsp3) is 0.900. The number of hydrogen-bond acceptors (Lipinski definition) is 4. The second-order valence-electron chi connectivity index (χ2n) is 4.74. The van der Waals surface area contributed by atoms with Crippen molar-refractivity contribution in [3.63, 3.8) is 0 Å². The van der Waals surface area contributed by atoms with Crippen LogP contribution < -0.4 is 15.4 Å². The van der Waals surface area contributed by atoms with Gasteiger partial charge in [0.2, 0.25) is 15.9 Å². The van der Waals surface area contributed by atoms with Gasteiger partial charge in [-0.2, -0.15) is 0 Å². The highest BCUT2D eigenvalue weighted by molar-refractivity contribution is 7.88. The van der Waals surface area contributed by atoms with Crippen LogP contribution >= 0.6 is 0 Å². The Labute approximate surface area is 104 Å². The molecule has 17 heavy (non-hydrogen) atoms. The molecule has 0 aromatic rings. The molecule has 0 saturated carbocycles. The van der Waals surface area contributed by atoms with Crippen molar-refractivity contribution in [1.82, 2.24) is 15.4 Å². The molecule has 6 nitrogen and oxygen atoms in total. The van der Waals surface area contributed by atoms with E-state index >= 15 is 0 Å². The van der Waals surface area contributed by atoms with Gasteiger partial charge in [0, 0.05) is 18.5 Å². The molecule has 0 unspecified atom stereocenters. The van der Waals surface area contributed by atoms with Crippen LogP contribution in [0.4, 0.5) is 0 Å². The lowest BCUT2D eigenvalue weighted by Crippen LogP contribution is -2.51. The van der Waals surface area contributed by atoms with Gasteiger partial charge in [-0.1, -0.05) is 0 Å². The maximum atomic E-state index is 11.4. The highest BCUT2D eigenvalue weighted by Gasteiger charge is 2.22. The van der Waals surface area contributed by atoms with E-state index in [9.17, 15) is 13.2 Å². The lowest BCUT2D eigenvalue weighted by molar-refractivity contribution is -0.121. The van der Waals surface area contributed by atoms with E-state index in [1.54, 1.807) is 13.8 Å². The van der Waals surface area contributed by atoms with Crippen LogP contribution in [0, 0.1) is 0 Å². The summed E-state index contributed by atoms with van der Waals surface area (Å²) in [5, 5.41) is 5.67. The Morgan fingerprint density at radius 1 is 1.29 bits per heavy atom. The summed E-state index contributed by atoms with van der Waals surface area (Å²) < 4.78 is 24.6. The summed E-state index contributed by atoms with van der Waals surface area (Å²) in [6.45, 7) is 4.51. The molecule has 7 heteroatoms. The van der Waals surface area contributed by atoms with Gasteiger partial charge in [-0.3, -0.25) is 4.79 Å². The van der Waals surface area contributed by atoms with Crippen LogP contribution in [0.5, 0.6) is 0 Å². The van der Waals surface area contributed by atoms with Gasteiger partial charge >= 0.3 is 0 Å². The Morgan fingerprint density at radius 2 is 1.88 bits per heavy atom. The van der Waals surface area contributed by atoms with E-state index in [4.69, 9.17) is 0 Å². The van der Waals surface area contributed by atoms with Crippen molar-refractivity contribution in [3.05, 3.63) is 0 Å². The minimum Gasteiger partial charge on any atom is -0.354 e. The smallest absolute Gasteiger partial charge is 0.220 e. The average Bonchev–Trinajstić information content (AvgIpc) is 2.12. The molecule has 0 spiro atoms. The summed E-state index contributed by atoms with van der Waals surface area (Å²) in [6.07, 6.45) is 2.31. The van der Waals surface area contributed by atoms with Crippen molar-refractivity contribution in [2.45, 2.75) is 32.2 Å². The molecule has 0 radical (unpaired) electrons. The minimum absolute atomic E-state index is 0.0661. The summed E-state index contributed by atoms with van der Waals surface area (Å²) in [4.78, 5) is 11.4. The minimum atomic E-state index is -3.26. The largest absolute Gasteiger partial charge is 0.354 e. The second kappa shape index (κ2) is 6.93. The van der Waals surface area contributed by atoms with Gasteiger partial charge in [0.15, 0.2) is 0 Å². The summed E-state index contributed by atoms with van der Waals surface area (Å²) >= 11 is 0. The number of amides is 1. The first kappa shape index (κ1) is 16.3. The van der Waals surface area contributed by atoms with E-state index in [0.29, 0.717) is 6.42 Å². The summed E-state index contributed by atoms with van der Waals surface area (Å²) in [6, 6.07) is 0. The third kappa shape index (κ3) is 10.2. The molecule has 0 bridgehead atoms. The molecule has 0 aliphatic carbocycles. The van der Waals surface area contributed by atoms with E-state index in [1.165, 1.54) is 0 Å². The fourth-order valence-electron chi connectivity index (χ4n) is 1.37. The fourth-order valence-corrected chi connectivity index (χ4v) is 2.45. The van der Waals surface area contributed by atoms with Gasteiger partial charge in [-0.25, -0.2) is 13.1 Å². The van der Waals surface area contributed by atoms with E-state index in [-0.39, 0.29) is 12.5 Å². The SMILES string of the molecule is CNCCCC(=O)NCC(C)(C)NS(C)(=O)=O. The first-order valence-electron chi connectivity index (χ1n) is 5.56. The van der Waals surface area contributed by atoms with Crippen LogP contribution in [0.25, 0.3) is 0 Å². The lowest BCUT2D eigenvalue weighted by atomic mass is 10.1. The van der Waals surface area contributed by atoms with Gasteiger partial charge in [0.05, 0.1) is 6.26 Å². The van der Waals surface area contributed by atoms with Crippen LogP contribution in [0.2, 0.25) is 0 Å². The Morgan fingerprint density at radius 3 is 2.35 bits per heavy atom. The zero-order valence-corrected chi connectivity index (χ0v) is 11.8. The third-order valence-corrected chi connectivity index (χ3v) is 2.94. The normalized spacial score (nSPS) is 12.5. The van der Waals surface area contributed by atoms with E-state index in [1.807, 2.05) is 7.05 Å². The number of carbonyl (C=O) groups is 1. The van der Waals surface area contributed by atoms with Crippen molar-refractivity contribution >= 4 is 15.9 Å². The summed E-state index contributed by atoms with van der Waals surface area (Å²) in [7, 11) is -1.43. The maximum absolute atomic E-state index is 11.4. The first-order chi connectivity index (χ1) is 7.66. The van der Waals surface area contributed by atoms with Crippen molar-refractivity contribution in [1.29, 1.82) is 0 Å². The number of nitrogens with one attached hydrogen (secondary N) is 3. The third-order valence-electron chi connectivity index (χ3n) is 2.02. The standard InChI is InChI=1S/C10H23N3O3S/c1-10(2,13-17(4,15)16)8-12-9(14)6-5-7-11-3/h11,13H,5-8H2,1-4H3,(H,12,14). The molecule has 102 valence electrons. The summed E-state index contributed by atoms with van der Waals surface area (Å²) in [5.41, 5.74) is -0.674. The molecule has 0 fully saturated rings. The molecule has 0 rings (SSSR count). The van der Waals surface area contributed by atoms with Gasteiger partial charge in [0.1, 0.15) is 0 Å². The van der Waals surface area contributed by atoms with E-state index < -0.39 is 15.6 Å². The topological polar surface area (TPSA) is 87.3 Å². The number of rotatable bonds is 8. The molecule has 0 heterocycles. The van der Waals surface area contributed by atoms with Crippen LogP contribution in [0.1, 0.15) is 26.7 Å². The Hall–Kier alpha value is -0.660. The van der Waals surface area contributed by atoms with Crippen LogP contribution in [-0.4, -0.2) is 46.3 Å². The van der Waals surface area contributed by atoms with E-state index in [0.717, 1.165) is 19.2 Å².